The highest BCUT2D eigenvalue weighted by molar-refractivity contribution is 5.30. The Labute approximate surface area is 94.9 Å². The van der Waals surface area contributed by atoms with Gasteiger partial charge in [-0.15, -0.1) is 0 Å². The van der Waals surface area contributed by atoms with E-state index in [2.05, 4.69) is 19.2 Å². The number of hydrogen-bond donors (Lipinski definition) is 1. The van der Waals surface area contributed by atoms with E-state index in [9.17, 15) is 8.78 Å². The molecule has 16 heavy (non-hydrogen) atoms. The molecule has 1 nitrogen and oxygen atoms in total. The zero-order chi connectivity index (χ0) is 11.8. The van der Waals surface area contributed by atoms with Crippen LogP contribution in [0.15, 0.2) is 18.2 Å². The molecule has 0 spiro atoms. The standard InChI is InChI=1S/C13H17F2N/c1-3-12-13(2,6-7-16-12)10-5-4-9(14)8-11(10)15/h4-5,8,12,16H,3,6-7H2,1-2H3. The van der Waals surface area contributed by atoms with E-state index in [1.54, 1.807) is 6.07 Å². The average Bonchev–Trinajstić information content (AvgIpc) is 2.60. The van der Waals surface area contributed by atoms with E-state index < -0.39 is 11.6 Å². The first-order chi connectivity index (χ1) is 7.58. The molecule has 1 aliphatic heterocycles. The number of benzene rings is 1. The maximum Gasteiger partial charge on any atom is 0.129 e. The fraction of sp³-hybridized carbons (Fsp3) is 0.538. The summed E-state index contributed by atoms with van der Waals surface area (Å²) in [5, 5.41) is 3.38. The first-order valence-electron chi connectivity index (χ1n) is 5.77. The van der Waals surface area contributed by atoms with Crippen LogP contribution in [0.3, 0.4) is 0 Å². The molecule has 1 N–H and O–H groups in total. The third-order valence-electron chi connectivity index (χ3n) is 3.76. The molecule has 1 aromatic carbocycles. The molecule has 2 rings (SSSR count). The third kappa shape index (κ3) is 1.73. The number of rotatable bonds is 2. The van der Waals surface area contributed by atoms with E-state index in [1.807, 2.05) is 0 Å². The fourth-order valence-electron chi connectivity index (χ4n) is 2.78. The monoisotopic (exact) mass is 225 g/mol. The van der Waals surface area contributed by atoms with Crippen LogP contribution in [0.4, 0.5) is 8.78 Å². The molecule has 3 heteroatoms. The third-order valence-corrected chi connectivity index (χ3v) is 3.76. The van der Waals surface area contributed by atoms with Crippen LogP contribution in [0.1, 0.15) is 32.3 Å². The predicted molar refractivity (Wildman–Crippen MR) is 60.4 cm³/mol. The van der Waals surface area contributed by atoms with Gasteiger partial charge < -0.3 is 5.32 Å². The zero-order valence-corrected chi connectivity index (χ0v) is 9.69. The number of hydrogen-bond acceptors (Lipinski definition) is 1. The summed E-state index contributed by atoms with van der Waals surface area (Å²) >= 11 is 0. The molecule has 0 saturated carbocycles. The quantitative estimate of drug-likeness (QED) is 0.816. The van der Waals surface area contributed by atoms with Crippen molar-refractivity contribution >= 4 is 0 Å². The molecule has 0 aliphatic carbocycles. The van der Waals surface area contributed by atoms with E-state index in [0.717, 1.165) is 25.5 Å². The lowest BCUT2D eigenvalue weighted by molar-refractivity contribution is 0.375. The van der Waals surface area contributed by atoms with Crippen LogP contribution in [0.25, 0.3) is 0 Å². The summed E-state index contributed by atoms with van der Waals surface area (Å²) in [5.74, 6) is -0.937. The molecule has 1 saturated heterocycles. The Morgan fingerprint density at radius 1 is 1.44 bits per heavy atom. The lowest BCUT2D eigenvalue weighted by atomic mass is 9.75. The summed E-state index contributed by atoms with van der Waals surface area (Å²) in [6.07, 6.45) is 1.85. The fourth-order valence-corrected chi connectivity index (χ4v) is 2.78. The minimum Gasteiger partial charge on any atom is -0.313 e. The second-order valence-electron chi connectivity index (χ2n) is 4.71. The first kappa shape index (κ1) is 11.5. The lowest BCUT2D eigenvalue weighted by Gasteiger charge is -2.31. The van der Waals surface area contributed by atoms with Gasteiger partial charge in [0, 0.05) is 17.5 Å². The van der Waals surface area contributed by atoms with Gasteiger partial charge in [0.15, 0.2) is 0 Å². The topological polar surface area (TPSA) is 12.0 Å². The van der Waals surface area contributed by atoms with E-state index >= 15 is 0 Å². The summed E-state index contributed by atoms with van der Waals surface area (Å²) in [6.45, 7) is 5.03. The van der Waals surface area contributed by atoms with Gasteiger partial charge in [-0.3, -0.25) is 0 Å². The molecule has 0 amide bonds. The summed E-state index contributed by atoms with van der Waals surface area (Å²) < 4.78 is 26.7. The molecule has 2 unspecified atom stereocenters. The Balaban J connectivity index is 2.42. The van der Waals surface area contributed by atoms with Crippen LogP contribution in [-0.2, 0) is 5.41 Å². The SMILES string of the molecule is CCC1NCCC1(C)c1ccc(F)cc1F. The van der Waals surface area contributed by atoms with Crippen molar-refractivity contribution in [1.29, 1.82) is 0 Å². The second-order valence-corrected chi connectivity index (χ2v) is 4.71. The van der Waals surface area contributed by atoms with Gasteiger partial charge in [-0.1, -0.05) is 19.9 Å². The van der Waals surface area contributed by atoms with Crippen LogP contribution < -0.4 is 5.32 Å². The molecule has 0 bridgehead atoms. The molecule has 1 heterocycles. The van der Waals surface area contributed by atoms with Crippen LogP contribution in [0, 0.1) is 11.6 Å². The smallest absolute Gasteiger partial charge is 0.129 e. The minimum absolute atomic E-state index is 0.216. The second kappa shape index (κ2) is 4.13. The lowest BCUT2D eigenvalue weighted by Crippen LogP contribution is -2.38. The molecular weight excluding hydrogens is 208 g/mol. The van der Waals surface area contributed by atoms with Crippen molar-refractivity contribution in [2.45, 2.75) is 38.1 Å². The molecule has 0 radical (unpaired) electrons. The highest BCUT2D eigenvalue weighted by atomic mass is 19.1. The molecule has 0 aromatic heterocycles. The van der Waals surface area contributed by atoms with Gasteiger partial charge in [0.2, 0.25) is 0 Å². The largest absolute Gasteiger partial charge is 0.313 e. The maximum absolute atomic E-state index is 13.8. The van der Waals surface area contributed by atoms with E-state index in [1.165, 1.54) is 6.07 Å². The van der Waals surface area contributed by atoms with Crippen molar-refractivity contribution < 1.29 is 8.78 Å². The Morgan fingerprint density at radius 2 is 2.19 bits per heavy atom. The van der Waals surface area contributed by atoms with Crippen molar-refractivity contribution in [1.82, 2.24) is 5.32 Å². The van der Waals surface area contributed by atoms with E-state index in [0.29, 0.717) is 5.56 Å². The van der Waals surface area contributed by atoms with Crippen LogP contribution in [-0.4, -0.2) is 12.6 Å². The summed E-state index contributed by atoms with van der Waals surface area (Å²) in [5.41, 5.74) is 0.415. The Hall–Kier alpha value is -0.960. The summed E-state index contributed by atoms with van der Waals surface area (Å²) in [7, 11) is 0. The highest BCUT2D eigenvalue weighted by Gasteiger charge is 2.40. The highest BCUT2D eigenvalue weighted by Crippen LogP contribution is 2.37. The van der Waals surface area contributed by atoms with Crippen molar-refractivity contribution in [3.63, 3.8) is 0 Å². The van der Waals surface area contributed by atoms with Crippen LogP contribution in [0.2, 0.25) is 0 Å². The molecule has 88 valence electrons. The van der Waals surface area contributed by atoms with Crippen LogP contribution in [0.5, 0.6) is 0 Å². The number of nitrogens with one attached hydrogen (secondary N) is 1. The van der Waals surface area contributed by atoms with Gasteiger partial charge >= 0.3 is 0 Å². The minimum atomic E-state index is -0.510. The van der Waals surface area contributed by atoms with Gasteiger partial charge in [-0.25, -0.2) is 8.78 Å². The van der Waals surface area contributed by atoms with Gasteiger partial charge in [0.1, 0.15) is 11.6 Å². The van der Waals surface area contributed by atoms with Crippen LogP contribution >= 0.6 is 0 Å². The van der Waals surface area contributed by atoms with E-state index in [4.69, 9.17) is 0 Å². The molecule has 1 fully saturated rings. The Kier molecular flexibility index (Phi) is 2.98. The molecular formula is C13H17F2N. The summed E-state index contributed by atoms with van der Waals surface area (Å²) in [4.78, 5) is 0. The molecule has 2 atom stereocenters. The molecule has 1 aliphatic rings. The predicted octanol–water partition coefficient (Wildman–Crippen LogP) is 2.99. The Morgan fingerprint density at radius 3 is 2.81 bits per heavy atom. The van der Waals surface area contributed by atoms with Gasteiger partial charge in [-0.05, 0) is 31.0 Å². The zero-order valence-electron chi connectivity index (χ0n) is 9.69. The van der Waals surface area contributed by atoms with Crippen molar-refractivity contribution in [3.05, 3.63) is 35.4 Å². The van der Waals surface area contributed by atoms with E-state index in [-0.39, 0.29) is 11.5 Å². The average molecular weight is 225 g/mol. The van der Waals surface area contributed by atoms with Crippen molar-refractivity contribution in [2.24, 2.45) is 0 Å². The summed E-state index contributed by atoms with van der Waals surface area (Å²) in [6, 6.07) is 4.17. The van der Waals surface area contributed by atoms with Crippen molar-refractivity contribution in [3.8, 4) is 0 Å². The van der Waals surface area contributed by atoms with Gasteiger partial charge in [-0.2, -0.15) is 0 Å². The van der Waals surface area contributed by atoms with Gasteiger partial charge in [0.05, 0.1) is 0 Å². The maximum atomic E-state index is 13.8. The van der Waals surface area contributed by atoms with Crippen molar-refractivity contribution in [2.75, 3.05) is 6.54 Å². The normalized spacial score (nSPS) is 29.6. The Bertz CT molecular complexity index is 392. The van der Waals surface area contributed by atoms with Gasteiger partial charge in [0.25, 0.3) is 0 Å². The number of halogens is 2. The molecule has 1 aromatic rings. The first-order valence-corrected chi connectivity index (χ1v) is 5.77.